The van der Waals surface area contributed by atoms with Gasteiger partial charge in [0.15, 0.2) is 0 Å². The van der Waals surface area contributed by atoms with Crippen LogP contribution in [0.25, 0.3) is 0 Å². The molecule has 0 spiro atoms. The Morgan fingerprint density at radius 2 is 2.00 bits per heavy atom. The van der Waals surface area contributed by atoms with Gasteiger partial charge in [-0.3, -0.25) is 4.90 Å². The standard InChI is InChI=1S/C14H24Br2N2S/c1-4-5-6-7-18(10(2)3)12(9-17)13-8-11(15)14(16)19-13/h8,10,12H,4-7,9,17H2,1-3H3. The molecule has 1 rings (SSSR count). The van der Waals surface area contributed by atoms with Crippen LogP contribution in [0.4, 0.5) is 0 Å². The van der Waals surface area contributed by atoms with Crippen molar-refractivity contribution in [3.8, 4) is 0 Å². The molecule has 1 atom stereocenters. The third-order valence-electron chi connectivity index (χ3n) is 3.30. The van der Waals surface area contributed by atoms with E-state index in [4.69, 9.17) is 5.73 Å². The van der Waals surface area contributed by atoms with Crippen molar-refractivity contribution >= 4 is 43.2 Å². The van der Waals surface area contributed by atoms with E-state index in [0.29, 0.717) is 18.6 Å². The molecule has 2 nitrogen and oxygen atoms in total. The second-order valence-corrected chi connectivity index (χ2v) is 8.32. The molecule has 0 aliphatic rings. The van der Waals surface area contributed by atoms with E-state index in [1.807, 2.05) is 0 Å². The van der Waals surface area contributed by atoms with Gasteiger partial charge in [-0.15, -0.1) is 11.3 Å². The van der Waals surface area contributed by atoms with E-state index in [1.165, 1.54) is 24.1 Å². The Labute approximate surface area is 138 Å². The molecule has 0 aromatic carbocycles. The average Bonchev–Trinajstić information content (AvgIpc) is 2.68. The van der Waals surface area contributed by atoms with Crippen molar-refractivity contribution in [2.45, 2.75) is 52.1 Å². The van der Waals surface area contributed by atoms with Gasteiger partial charge in [-0.1, -0.05) is 19.8 Å². The van der Waals surface area contributed by atoms with Crippen LogP contribution < -0.4 is 5.73 Å². The summed E-state index contributed by atoms with van der Waals surface area (Å²) in [7, 11) is 0. The number of nitrogens with two attached hydrogens (primary N) is 1. The highest BCUT2D eigenvalue weighted by Gasteiger charge is 2.23. The molecule has 1 aromatic rings. The lowest BCUT2D eigenvalue weighted by Gasteiger charge is -2.33. The molecule has 5 heteroatoms. The van der Waals surface area contributed by atoms with Crippen LogP contribution in [0.2, 0.25) is 0 Å². The summed E-state index contributed by atoms with van der Waals surface area (Å²) in [5, 5.41) is 0. The van der Waals surface area contributed by atoms with Crippen molar-refractivity contribution in [1.82, 2.24) is 4.90 Å². The first-order chi connectivity index (χ1) is 9.01. The minimum absolute atomic E-state index is 0.324. The number of halogens is 2. The fraction of sp³-hybridized carbons (Fsp3) is 0.714. The van der Waals surface area contributed by atoms with Gasteiger partial charge in [-0.25, -0.2) is 0 Å². The molecule has 1 heterocycles. The molecule has 0 saturated heterocycles. The quantitative estimate of drug-likeness (QED) is 0.597. The SMILES string of the molecule is CCCCCN(C(C)C)C(CN)c1cc(Br)c(Br)s1. The maximum atomic E-state index is 6.04. The third-order valence-corrected chi connectivity index (χ3v) is 6.66. The Balaban J connectivity index is 2.83. The lowest BCUT2D eigenvalue weighted by Crippen LogP contribution is -2.39. The van der Waals surface area contributed by atoms with Crippen LogP contribution >= 0.6 is 43.2 Å². The van der Waals surface area contributed by atoms with E-state index in [2.05, 4.69) is 63.6 Å². The zero-order chi connectivity index (χ0) is 14.4. The monoisotopic (exact) mass is 410 g/mol. The summed E-state index contributed by atoms with van der Waals surface area (Å²) in [6.07, 6.45) is 3.80. The lowest BCUT2D eigenvalue weighted by molar-refractivity contribution is 0.156. The first-order valence-electron chi connectivity index (χ1n) is 6.91. The summed E-state index contributed by atoms with van der Waals surface area (Å²) in [5.74, 6) is 0. The molecule has 0 amide bonds. The highest BCUT2D eigenvalue weighted by atomic mass is 79.9. The number of thiophene rings is 1. The second kappa shape index (κ2) is 8.78. The van der Waals surface area contributed by atoms with Crippen LogP contribution in [-0.4, -0.2) is 24.0 Å². The molecule has 0 aliphatic heterocycles. The van der Waals surface area contributed by atoms with Crippen molar-refractivity contribution in [3.05, 3.63) is 19.2 Å². The van der Waals surface area contributed by atoms with Gasteiger partial charge in [0.25, 0.3) is 0 Å². The van der Waals surface area contributed by atoms with Crippen LogP contribution in [0, 0.1) is 0 Å². The first kappa shape index (κ1) is 17.6. The summed E-state index contributed by atoms with van der Waals surface area (Å²) in [4.78, 5) is 3.87. The Morgan fingerprint density at radius 3 is 2.42 bits per heavy atom. The maximum Gasteiger partial charge on any atom is 0.0843 e. The number of unbranched alkanes of at least 4 members (excludes halogenated alkanes) is 2. The molecule has 0 bridgehead atoms. The zero-order valence-electron chi connectivity index (χ0n) is 12.0. The normalized spacial score (nSPS) is 13.5. The maximum absolute atomic E-state index is 6.04. The van der Waals surface area contributed by atoms with E-state index in [9.17, 15) is 0 Å². The van der Waals surface area contributed by atoms with Gasteiger partial charge in [0, 0.05) is 21.9 Å². The van der Waals surface area contributed by atoms with Crippen LogP contribution in [0.5, 0.6) is 0 Å². The minimum atomic E-state index is 0.324. The molecule has 0 saturated carbocycles. The second-order valence-electron chi connectivity index (χ2n) is 5.06. The number of rotatable bonds is 8. The Bertz CT molecular complexity index is 360. The Hall–Kier alpha value is 0.580. The predicted octanol–water partition coefficient (Wildman–Crippen LogP) is 5.17. The van der Waals surface area contributed by atoms with Gasteiger partial charge in [-0.2, -0.15) is 0 Å². The van der Waals surface area contributed by atoms with E-state index in [0.717, 1.165) is 14.8 Å². The van der Waals surface area contributed by atoms with E-state index < -0.39 is 0 Å². The molecule has 110 valence electrons. The number of hydrogen-bond donors (Lipinski definition) is 1. The van der Waals surface area contributed by atoms with Crippen molar-refractivity contribution in [2.24, 2.45) is 5.73 Å². The molecule has 0 radical (unpaired) electrons. The van der Waals surface area contributed by atoms with Crippen molar-refractivity contribution in [3.63, 3.8) is 0 Å². The Morgan fingerprint density at radius 1 is 1.32 bits per heavy atom. The summed E-state index contributed by atoms with van der Waals surface area (Å²) in [6, 6.07) is 3.04. The third kappa shape index (κ3) is 5.12. The predicted molar refractivity (Wildman–Crippen MR) is 92.9 cm³/mol. The fourth-order valence-corrected chi connectivity index (χ4v) is 4.48. The van der Waals surface area contributed by atoms with Crippen molar-refractivity contribution < 1.29 is 0 Å². The lowest BCUT2D eigenvalue weighted by atomic mass is 10.1. The minimum Gasteiger partial charge on any atom is -0.329 e. The summed E-state index contributed by atoms with van der Waals surface area (Å²) >= 11 is 8.92. The number of hydrogen-bond acceptors (Lipinski definition) is 3. The number of nitrogens with zero attached hydrogens (tertiary/aromatic N) is 1. The summed E-state index contributed by atoms with van der Waals surface area (Å²) in [6.45, 7) is 8.55. The topological polar surface area (TPSA) is 29.3 Å². The van der Waals surface area contributed by atoms with Gasteiger partial charge in [-0.05, 0) is 64.7 Å². The van der Waals surface area contributed by atoms with Crippen LogP contribution in [-0.2, 0) is 0 Å². The molecular weight excluding hydrogens is 388 g/mol. The molecule has 1 aromatic heterocycles. The van der Waals surface area contributed by atoms with E-state index in [1.54, 1.807) is 11.3 Å². The molecule has 0 fully saturated rings. The van der Waals surface area contributed by atoms with Crippen LogP contribution in [0.1, 0.15) is 51.0 Å². The van der Waals surface area contributed by atoms with Gasteiger partial charge in [0.2, 0.25) is 0 Å². The zero-order valence-corrected chi connectivity index (χ0v) is 15.9. The fourth-order valence-electron chi connectivity index (χ4n) is 2.26. The van der Waals surface area contributed by atoms with Gasteiger partial charge < -0.3 is 5.73 Å². The first-order valence-corrected chi connectivity index (χ1v) is 9.32. The molecule has 19 heavy (non-hydrogen) atoms. The van der Waals surface area contributed by atoms with E-state index >= 15 is 0 Å². The Kier molecular flexibility index (Phi) is 8.14. The smallest absolute Gasteiger partial charge is 0.0843 e. The highest BCUT2D eigenvalue weighted by molar-refractivity contribution is 9.13. The van der Waals surface area contributed by atoms with Gasteiger partial charge >= 0.3 is 0 Å². The highest BCUT2D eigenvalue weighted by Crippen LogP contribution is 2.37. The summed E-state index contributed by atoms with van der Waals surface area (Å²) < 4.78 is 2.28. The largest absolute Gasteiger partial charge is 0.329 e. The van der Waals surface area contributed by atoms with Gasteiger partial charge in [0.05, 0.1) is 9.83 Å². The molecule has 1 unspecified atom stereocenters. The summed E-state index contributed by atoms with van der Waals surface area (Å²) in [5.41, 5.74) is 6.04. The van der Waals surface area contributed by atoms with Gasteiger partial charge in [0.1, 0.15) is 0 Å². The van der Waals surface area contributed by atoms with Crippen molar-refractivity contribution in [1.29, 1.82) is 0 Å². The average molecular weight is 412 g/mol. The van der Waals surface area contributed by atoms with Crippen molar-refractivity contribution in [2.75, 3.05) is 13.1 Å². The molecule has 0 aliphatic carbocycles. The van der Waals surface area contributed by atoms with E-state index in [-0.39, 0.29) is 0 Å². The molecular formula is C14H24Br2N2S. The van der Waals surface area contributed by atoms with Crippen LogP contribution in [0.15, 0.2) is 14.3 Å². The van der Waals surface area contributed by atoms with Crippen LogP contribution in [0.3, 0.4) is 0 Å². The molecule has 2 N–H and O–H groups in total.